The summed E-state index contributed by atoms with van der Waals surface area (Å²) in [6, 6.07) is 6.76. The van der Waals surface area contributed by atoms with Gasteiger partial charge in [-0.25, -0.2) is 13.1 Å². The Morgan fingerprint density at radius 2 is 1.90 bits per heavy atom. The molecule has 2 N–H and O–H groups in total. The molecule has 0 aromatic heterocycles. The average Bonchev–Trinajstić information content (AvgIpc) is 3.23. The number of nitrogens with one attached hydrogen (secondary N) is 2. The first-order chi connectivity index (χ1) is 9.53. The molecule has 5 nitrogen and oxygen atoms in total. The molecule has 1 aliphatic carbocycles. The van der Waals surface area contributed by atoms with Gasteiger partial charge in [0.25, 0.3) is 0 Å². The summed E-state index contributed by atoms with van der Waals surface area (Å²) in [6.07, 6.45) is 2.71. The van der Waals surface area contributed by atoms with E-state index >= 15 is 0 Å². The van der Waals surface area contributed by atoms with Crippen molar-refractivity contribution < 1.29 is 13.2 Å². The second-order valence-electron chi connectivity index (χ2n) is 4.96. The zero-order chi connectivity index (χ0) is 14.6. The first kappa shape index (κ1) is 15.0. The van der Waals surface area contributed by atoms with E-state index < -0.39 is 10.0 Å². The van der Waals surface area contributed by atoms with Crippen molar-refractivity contribution in [1.29, 1.82) is 0 Å². The largest absolute Gasteiger partial charge is 0.356 e. The molecule has 1 fully saturated rings. The van der Waals surface area contributed by atoms with Crippen molar-refractivity contribution in [3.8, 4) is 0 Å². The Morgan fingerprint density at radius 1 is 1.25 bits per heavy atom. The summed E-state index contributed by atoms with van der Waals surface area (Å²) >= 11 is 0. The lowest BCUT2D eigenvalue weighted by Gasteiger charge is -2.07. The molecule has 0 saturated heterocycles. The molecule has 6 heteroatoms. The highest BCUT2D eigenvalue weighted by Crippen LogP contribution is 2.28. The molecule has 1 aliphatic rings. The lowest BCUT2D eigenvalue weighted by Crippen LogP contribution is -2.27. The zero-order valence-corrected chi connectivity index (χ0v) is 12.4. The minimum Gasteiger partial charge on any atom is -0.356 e. The Bertz CT molecular complexity index is 563. The lowest BCUT2D eigenvalue weighted by atomic mass is 10.1. The van der Waals surface area contributed by atoms with Crippen LogP contribution in [0.3, 0.4) is 0 Å². The van der Waals surface area contributed by atoms with Crippen molar-refractivity contribution in [2.45, 2.75) is 31.1 Å². The van der Waals surface area contributed by atoms with Crippen LogP contribution in [0.4, 0.5) is 0 Å². The smallest absolute Gasteiger partial charge is 0.240 e. The highest BCUT2D eigenvalue weighted by atomic mass is 32.2. The van der Waals surface area contributed by atoms with Crippen LogP contribution in [0.15, 0.2) is 29.2 Å². The fourth-order valence-corrected chi connectivity index (χ4v) is 2.97. The van der Waals surface area contributed by atoms with Crippen LogP contribution >= 0.6 is 0 Å². The van der Waals surface area contributed by atoms with Crippen LogP contribution in [-0.4, -0.2) is 27.4 Å². The molecule has 0 unspecified atom stereocenters. The van der Waals surface area contributed by atoms with E-state index in [1.807, 2.05) is 0 Å². The van der Waals surface area contributed by atoms with Crippen molar-refractivity contribution in [2.24, 2.45) is 5.92 Å². The predicted molar refractivity (Wildman–Crippen MR) is 76.7 cm³/mol. The fourth-order valence-electron chi connectivity index (χ4n) is 1.93. The number of rotatable bonds is 7. The molecule has 0 heterocycles. The SMILES string of the molecule is CCNS(=O)(=O)c1ccc(CCNC(=O)C2CC2)cc1. The maximum Gasteiger partial charge on any atom is 0.240 e. The van der Waals surface area contributed by atoms with E-state index in [1.54, 1.807) is 31.2 Å². The van der Waals surface area contributed by atoms with Gasteiger partial charge in [-0.15, -0.1) is 0 Å². The molecule has 0 bridgehead atoms. The van der Waals surface area contributed by atoms with E-state index in [-0.39, 0.29) is 16.7 Å². The summed E-state index contributed by atoms with van der Waals surface area (Å²) in [5.41, 5.74) is 1.01. The normalized spacial score (nSPS) is 15.1. The van der Waals surface area contributed by atoms with Gasteiger partial charge in [0.05, 0.1) is 4.90 Å². The van der Waals surface area contributed by atoms with Gasteiger partial charge in [-0.2, -0.15) is 0 Å². The van der Waals surface area contributed by atoms with Gasteiger partial charge in [-0.1, -0.05) is 19.1 Å². The Kier molecular flexibility index (Phi) is 4.77. The molecule has 0 aliphatic heterocycles. The molecule has 1 aromatic carbocycles. The molecule has 0 radical (unpaired) electrons. The van der Waals surface area contributed by atoms with Gasteiger partial charge in [0.2, 0.25) is 15.9 Å². The number of hydrogen-bond acceptors (Lipinski definition) is 3. The zero-order valence-electron chi connectivity index (χ0n) is 11.6. The Labute approximate surface area is 119 Å². The monoisotopic (exact) mass is 296 g/mol. The van der Waals surface area contributed by atoms with E-state index in [0.29, 0.717) is 19.5 Å². The lowest BCUT2D eigenvalue weighted by molar-refractivity contribution is -0.122. The van der Waals surface area contributed by atoms with Crippen LogP contribution in [0, 0.1) is 5.92 Å². The number of benzene rings is 1. The molecule has 0 atom stereocenters. The van der Waals surface area contributed by atoms with Gasteiger partial charge in [0.1, 0.15) is 0 Å². The minimum atomic E-state index is -3.38. The maximum absolute atomic E-state index is 11.8. The second kappa shape index (κ2) is 6.37. The summed E-state index contributed by atoms with van der Waals surface area (Å²) in [7, 11) is -3.38. The summed E-state index contributed by atoms with van der Waals surface area (Å²) in [4.78, 5) is 11.7. The van der Waals surface area contributed by atoms with Crippen LogP contribution in [0.25, 0.3) is 0 Å². The minimum absolute atomic E-state index is 0.136. The van der Waals surface area contributed by atoms with Gasteiger partial charge in [-0.05, 0) is 37.0 Å². The van der Waals surface area contributed by atoms with E-state index in [2.05, 4.69) is 10.0 Å². The first-order valence-electron chi connectivity index (χ1n) is 6.89. The van der Waals surface area contributed by atoms with E-state index in [0.717, 1.165) is 18.4 Å². The molecule has 0 spiro atoms. The number of sulfonamides is 1. The molecule has 1 amide bonds. The van der Waals surface area contributed by atoms with Gasteiger partial charge in [0.15, 0.2) is 0 Å². The van der Waals surface area contributed by atoms with E-state index in [4.69, 9.17) is 0 Å². The summed E-state index contributed by atoms with van der Waals surface area (Å²) in [5, 5.41) is 2.89. The molecule has 1 aromatic rings. The van der Waals surface area contributed by atoms with Crippen molar-refractivity contribution in [3.63, 3.8) is 0 Å². The number of amides is 1. The van der Waals surface area contributed by atoms with E-state index in [9.17, 15) is 13.2 Å². The van der Waals surface area contributed by atoms with Crippen LogP contribution in [-0.2, 0) is 21.2 Å². The number of hydrogen-bond donors (Lipinski definition) is 2. The van der Waals surface area contributed by atoms with Crippen molar-refractivity contribution in [1.82, 2.24) is 10.0 Å². The van der Waals surface area contributed by atoms with Gasteiger partial charge in [-0.3, -0.25) is 4.79 Å². The highest BCUT2D eigenvalue weighted by Gasteiger charge is 2.28. The Hall–Kier alpha value is -1.40. The molecule has 2 rings (SSSR count). The van der Waals surface area contributed by atoms with Crippen LogP contribution in [0.5, 0.6) is 0 Å². The Morgan fingerprint density at radius 3 is 2.45 bits per heavy atom. The van der Waals surface area contributed by atoms with E-state index in [1.165, 1.54) is 0 Å². The summed E-state index contributed by atoms with van der Waals surface area (Å²) in [5.74, 6) is 0.360. The third-order valence-electron chi connectivity index (χ3n) is 3.23. The third kappa shape index (κ3) is 4.05. The maximum atomic E-state index is 11.8. The van der Waals surface area contributed by atoms with Crippen LogP contribution < -0.4 is 10.0 Å². The van der Waals surface area contributed by atoms with Crippen molar-refractivity contribution in [2.75, 3.05) is 13.1 Å². The van der Waals surface area contributed by atoms with Crippen LogP contribution in [0.2, 0.25) is 0 Å². The third-order valence-corrected chi connectivity index (χ3v) is 4.79. The topological polar surface area (TPSA) is 75.3 Å². The number of carbonyl (C=O) groups is 1. The van der Waals surface area contributed by atoms with Gasteiger partial charge < -0.3 is 5.32 Å². The van der Waals surface area contributed by atoms with Gasteiger partial charge in [0, 0.05) is 19.0 Å². The number of carbonyl (C=O) groups excluding carboxylic acids is 1. The van der Waals surface area contributed by atoms with Gasteiger partial charge >= 0.3 is 0 Å². The average molecular weight is 296 g/mol. The molecular formula is C14H20N2O3S. The van der Waals surface area contributed by atoms with Crippen molar-refractivity contribution in [3.05, 3.63) is 29.8 Å². The summed E-state index contributed by atoms with van der Waals surface area (Å²) in [6.45, 7) is 2.71. The fraction of sp³-hybridized carbons (Fsp3) is 0.500. The molecule has 20 heavy (non-hydrogen) atoms. The Balaban J connectivity index is 1.86. The van der Waals surface area contributed by atoms with Crippen LogP contribution in [0.1, 0.15) is 25.3 Å². The van der Waals surface area contributed by atoms with Crippen molar-refractivity contribution >= 4 is 15.9 Å². The predicted octanol–water partition coefficient (Wildman–Crippen LogP) is 1.05. The summed E-state index contributed by atoms with van der Waals surface area (Å²) < 4.78 is 26.0. The first-order valence-corrected chi connectivity index (χ1v) is 8.37. The molecular weight excluding hydrogens is 276 g/mol. The second-order valence-corrected chi connectivity index (χ2v) is 6.73. The molecule has 110 valence electrons. The highest BCUT2D eigenvalue weighted by molar-refractivity contribution is 7.89. The standard InChI is InChI=1S/C14H20N2O3S/c1-2-16-20(18,19)13-7-3-11(4-8-13)9-10-15-14(17)12-5-6-12/h3-4,7-8,12,16H,2,5-6,9-10H2,1H3,(H,15,17). The molecule has 1 saturated carbocycles. The quantitative estimate of drug-likeness (QED) is 0.790.